The molecule has 21 heavy (non-hydrogen) atoms. The van der Waals surface area contributed by atoms with Gasteiger partial charge in [-0.2, -0.15) is 0 Å². The number of piperidine rings is 2. The Morgan fingerprint density at radius 1 is 0.524 bits per heavy atom. The Morgan fingerprint density at radius 3 is 1.00 bits per heavy atom. The highest BCUT2D eigenvalue weighted by Crippen LogP contribution is 2.50. The summed E-state index contributed by atoms with van der Waals surface area (Å²) in [7, 11) is 0. The molecule has 0 bridgehead atoms. The topological polar surface area (TPSA) is 6.48 Å². The third-order valence-electron chi connectivity index (χ3n) is 5.52. The second kappa shape index (κ2) is 5.42. The van der Waals surface area contributed by atoms with Crippen molar-refractivity contribution in [3.05, 3.63) is 0 Å². The average Bonchev–Trinajstić information content (AvgIpc) is 2.23. The lowest BCUT2D eigenvalue weighted by atomic mass is 9.83. The largest absolute Gasteiger partial charge is 0.226 e. The van der Waals surface area contributed by atoms with Crippen LogP contribution in [0.5, 0.6) is 0 Å². The van der Waals surface area contributed by atoms with E-state index in [1.54, 1.807) is 0 Å². The van der Waals surface area contributed by atoms with Crippen LogP contribution in [0.25, 0.3) is 0 Å². The van der Waals surface area contributed by atoms with E-state index in [9.17, 15) is 0 Å². The van der Waals surface area contributed by atoms with E-state index in [0.717, 1.165) is 0 Å². The summed E-state index contributed by atoms with van der Waals surface area (Å²) < 4.78 is 5.41. The zero-order valence-corrected chi connectivity index (χ0v) is 16.4. The van der Waals surface area contributed by atoms with Crippen LogP contribution in [-0.2, 0) is 0 Å². The van der Waals surface area contributed by atoms with Crippen molar-refractivity contribution < 1.29 is 0 Å². The lowest BCUT2D eigenvalue weighted by Gasteiger charge is -2.58. The Balaban J connectivity index is 2.28. The fourth-order valence-corrected chi connectivity index (χ4v) is 5.89. The van der Waals surface area contributed by atoms with Crippen LogP contribution >= 0.6 is 12.1 Å². The molecule has 0 aliphatic carbocycles. The SMILES string of the molecule is CC1(C)CCCC(C)(C)N1SN1C(C)(C)CCCC1(C)C. The highest BCUT2D eigenvalue weighted by molar-refractivity contribution is 7.94. The average molecular weight is 313 g/mol. The number of hydrogen-bond acceptors (Lipinski definition) is 3. The molecular formula is C18H36N2S. The van der Waals surface area contributed by atoms with E-state index in [1.165, 1.54) is 38.5 Å². The molecule has 2 rings (SSSR count). The zero-order valence-electron chi connectivity index (χ0n) is 15.5. The first-order chi connectivity index (χ1) is 9.39. The first kappa shape index (κ1) is 17.6. The molecule has 0 saturated carbocycles. The standard InChI is InChI=1S/C18H36N2S/c1-15(2)11-9-12-16(3,4)19(15)21-20-17(5,6)13-10-14-18(20,7)8/h9-14H2,1-8H3. The van der Waals surface area contributed by atoms with Crippen molar-refractivity contribution in [3.63, 3.8) is 0 Å². The number of nitrogens with zero attached hydrogens (tertiary/aromatic N) is 2. The molecular weight excluding hydrogens is 276 g/mol. The third kappa shape index (κ3) is 3.45. The molecule has 3 heteroatoms. The van der Waals surface area contributed by atoms with Gasteiger partial charge in [0.25, 0.3) is 0 Å². The summed E-state index contributed by atoms with van der Waals surface area (Å²) in [6.45, 7) is 19.4. The predicted octanol–water partition coefficient (Wildman–Crippen LogP) is 5.64. The lowest BCUT2D eigenvalue weighted by molar-refractivity contribution is 0.0309. The second-order valence-corrected chi connectivity index (χ2v) is 10.5. The molecule has 0 aromatic carbocycles. The fourth-order valence-electron chi connectivity index (χ4n) is 4.48. The van der Waals surface area contributed by atoms with Crippen molar-refractivity contribution in [1.29, 1.82) is 0 Å². The van der Waals surface area contributed by atoms with E-state index in [4.69, 9.17) is 0 Å². The summed E-state index contributed by atoms with van der Waals surface area (Å²) in [6.07, 6.45) is 7.92. The van der Waals surface area contributed by atoms with Gasteiger partial charge in [-0.15, -0.1) is 0 Å². The van der Waals surface area contributed by atoms with Gasteiger partial charge in [0.15, 0.2) is 0 Å². The molecule has 2 saturated heterocycles. The minimum absolute atomic E-state index is 0.274. The maximum atomic E-state index is 2.71. The maximum Gasteiger partial charge on any atom is 0.0275 e. The zero-order chi connectivity index (χ0) is 16.1. The molecule has 124 valence electrons. The third-order valence-corrected chi connectivity index (χ3v) is 7.82. The minimum atomic E-state index is 0.274. The van der Waals surface area contributed by atoms with E-state index >= 15 is 0 Å². The molecule has 2 nitrogen and oxygen atoms in total. The molecule has 0 amide bonds. The Hall–Kier alpha value is 0.270. The van der Waals surface area contributed by atoms with Crippen LogP contribution in [0.2, 0.25) is 0 Å². The molecule has 0 aromatic heterocycles. The van der Waals surface area contributed by atoms with Crippen LogP contribution < -0.4 is 0 Å². The number of rotatable bonds is 2. The molecule has 0 radical (unpaired) electrons. The van der Waals surface area contributed by atoms with Gasteiger partial charge in [0.1, 0.15) is 0 Å². The summed E-state index contributed by atoms with van der Waals surface area (Å²) in [6, 6.07) is 0. The van der Waals surface area contributed by atoms with Crippen LogP contribution in [0.15, 0.2) is 0 Å². The Kier molecular flexibility index (Phi) is 4.55. The smallest absolute Gasteiger partial charge is 0.0275 e. The van der Waals surface area contributed by atoms with Gasteiger partial charge in [-0.05, 0) is 93.9 Å². The summed E-state index contributed by atoms with van der Waals surface area (Å²) >= 11 is 2.04. The molecule has 0 atom stereocenters. The Morgan fingerprint density at radius 2 is 0.762 bits per heavy atom. The molecule has 0 N–H and O–H groups in total. The summed E-state index contributed by atoms with van der Waals surface area (Å²) in [5, 5.41) is 0. The highest BCUT2D eigenvalue weighted by atomic mass is 32.2. The quantitative estimate of drug-likeness (QED) is 0.610. The minimum Gasteiger partial charge on any atom is -0.226 e. The van der Waals surface area contributed by atoms with Crippen molar-refractivity contribution >= 4 is 12.1 Å². The summed E-state index contributed by atoms with van der Waals surface area (Å²) in [5.74, 6) is 0. The monoisotopic (exact) mass is 312 g/mol. The molecule has 0 aromatic rings. The summed E-state index contributed by atoms with van der Waals surface area (Å²) in [4.78, 5) is 0. The van der Waals surface area contributed by atoms with Crippen LogP contribution in [0.1, 0.15) is 93.9 Å². The van der Waals surface area contributed by atoms with Crippen LogP contribution in [-0.4, -0.2) is 30.8 Å². The predicted molar refractivity (Wildman–Crippen MR) is 95.3 cm³/mol. The molecule has 2 aliphatic heterocycles. The van der Waals surface area contributed by atoms with E-state index < -0.39 is 0 Å². The normalized spacial score (nSPS) is 32.0. The Bertz CT molecular complexity index is 317. The fraction of sp³-hybridized carbons (Fsp3) is 1.00. The molecule has 2 heterocycles. The van der Waals surface area contributed by atoms with Gasteiger partial charge >= 0.3 is 0 Å². The van der Waals surface area contributed by atoms with Crippen LogP contribution in [0, 0.1) is 0 Å². The van der Waals surface area contributed by atoms with E-state index in [-0.39, 0.29) is 22.2 Å². The first-order valence-electron chi connectivity index (χ1n) is 8.67. The maximum absolute atomic E-state index is 2.71. The van der Waals surface area contributed by atoms with Crippen molar-refractivity contribution in [3.8, 4) is 0 Å². The molecule has 2 fully saturated rings. The number of hydrogen-bond donors (Lipinski definition) is 0. The van der Waals surface area contributed by atoms with Crippen molar-refractivity contribution in [2.45, 2.75) is 116 Å². The van der Waals surface area contributed by atoms with Crippen LogP contribution in [0.3, 0.4) is 0 Å². The van der Waals surface area contributed by atoms with E-state index in [0.29, 0.717) is 0 Å². The lowest BCUT2D eigenvalue weighted by Crippen LogP contribution is -2.61. The van der Waals surface area contributed by atoms with E-state index in [2.05, 4.69) is 64.0 Å². The van der Waals surface area contributed by atoms with Gasteiger partial charge in [-0.1, -0.05) is 0 Å². The Labute approximate surface area is 137 Å². The van der Waals surface area contributed by atoms with Crippen molar-refractivity contribution in [1.82, 2.24) is 8.61 Å². The molecule has 2 aliphatic rings. The highest BCUT2D eigenvalue weighted by Gasteiger charge is 2.48. The van der Waals surface area contributed by atoms with Crippen LogP contribution in [0.4, 0.5) is 0 Å². The van der Waals surface area contributed by atoms with Gasteiger partial charge < -0.3 is 0 Å². The summed E-state index contributed by atoms with van der Waals surface area (Å²) in [5.41, 5.74) is 1.10. The van der Waals surface area contributed by atoms with Gasteiger partial charge in [-0.3, -0.25) is 0 Å². The van der Waals surface area contributed by atoms with Gasteiger partial charge in [0, 0.05) is 34.3 Å². The van der Waals surface area contributed by atoms with E-state index in [1.807, 2.05) is 12.1 Å². The molecule has 0 spiro atoms. The van der Waals surface area contributed by atoms with Crippen molar-refractivity contribution in [2.24, 2.45) is 0 Å². The van der Waals surface area contributed by atoms with Crippen molar-refractivity contribution in [2.75, 3.05) is 0 Å². The van der Waals surface area contributed by atoms with Gasteiger partial charge in [-0.25, -0.2) is 8.61 Å². The second-order valence-electron chi connectivity index (χ2n) is 9.63. The van der Waals surface area contributed by atoms with Gasteiger partial charge in [0.2, 0.25) is 0 Å². The molecule has 0 unspecified atom stereocenters. The van der Waals surface area contributed by atoms with Gasteiger partial charge in [0.05, 0.1) is 0 Å². The first-order valence-corrected chi connectivity index (χ1v) is 9.40.